The van der Waals surface area contributed by atoms with E-state index in [1.54, 1.807) is 0 Å². The summed E-state index contributed by atoms with van der Waals surface area (Å²) in [6, 6.07) is 0.993. The first-order chi connectivity index (χ1) is 7.94. The van der Waals surface area contributed by atoms with Crippen molar-refractivity contribution in [2.75, 3.05) is 0 Å². The Morgan fingerprint density at radius 1 is 1.39 bits per heavy atom. The van der Waals surface area contributed by atoms with Crippen LogP contribution in [-0.2, 0) is 6.18 Å². The Kier molecular flexibility index (Phi) is 3.78. The Hall–Kier alpha value is -1.08. The standard InChI is InChI=1S/C10H11ClF3NO2Si/c1-18(2,3)6-4-5(9(16)17)7(10(12,13)14)15-8(6)11/h4H,1-3H3,(H,16,17). The molecule has 3 nitrogen and oxygen atoms in total. The van der Waals surface area contributed by atoms with E-state index in [-0.39, 0.29) is 5.15 Å². The molecule has 0 atom stereocenters. The van der Waals surface area contributed by atoms with E-state index in [1.165, 1.54) is 0 Å². The molecular formula is C10H11ClF3NO2Si. The number of pyridine rings is 1. The van der Waals surface area contributed by atoms with Crippen LogP contribution in [0.15, 0.2) is 6.07 Å². The highest BCUT2D eigenvalue weighted by atomic mass is 35.5. The number of hydrogen-bond acceptors (Lipinski definition) is 2. The third kappa shape index (κ3) is 3.02. The molecule has 0 saturated heterocycles. The second-order valence-electron chi connectivity index (χ2n) is 4.78. The molecule has 1 N–H and O–H groups in total. The zero-order valence-electron chi connectivity index (χ0n) is 9.89. The van der Waals surface area contributed by atoms with Gasteiger partial charge in [0.15, 0.2) is 5.69 Å². The van der Waals surface area contributed by atoms with Gasteiger partial charge in [0.05, 0.1) is 13.6 Å². The van der Waals surface area contributed by atoms with Gasteiger partial charge < -0.3 is 5.11 Å². The van der Waals surface area contributed by atoms with Gasteiger partial charge in [-0.25, -0.2) is 9.78 Å². The fourth-order valence-corrected chi connectivity index (χ4v) is 3.64. The highest BCUT2D eigenvalue weighted by Gasteiger charge is 2.39. The highest BCUT2D eigenvalue weighted by molar-refractivity contribution is 6.90. The number of halogens is 4. The van der Waals surface area contributed by atoms with Gasteiger partial charge in [0.25, 0.3) is 0 Å². The number of carboxylic acids is 1. The average molecular weight is 298 g/mol. The molecule has 0 radical (unpaired) electrons. The van der Waals surface area contributed by atoms with Gasteiger partial charge in [-0.15, -0.1) is 0 Å². The maximum atomic E-state index is 12.6. The van der Waals surface area contributed by atoms with E-state index in [2.05, 4.69) is 4.98 Å². The maximum Gasteiger partial charge on any atom is 0.434 e. The molecule has 0 fully saturated rings. The number of hydrogen-bond donors (Lipinski definition) is 1. The Morgan fingerprint density at radius 2 is 1.89 bits per heavy atom. The molecule has 1 heterocycles. The molecule has 100 valence electrons. The summed E-state index contributed by atoms with van der Waals surface area (Å²) >= 11 is 5.73. The van der Waals surface area contributed by atoms with Crippen molar-refractivity contribution in [3.8, 4) is 0 Å². The van der Waals surface area contributed by atoms with Gasteiger partial charge in [-0.1, -0.05) is 31.2 Å². The van der Waals surface area contributed by atoms with Crippen molar-refractivity contribution in [2.45, 2.75) is 25.8 Å². The molecule has 1 aromatic rings. The topological polar surface area (TPSA) is 50.2 Å². The normalized spacial score (nSPS) is 12.6. The minimum absolute atomic E-state index is 0.272. The van der Waals surface area contributed by atoms with E-state index in [9.17, 15) is 18.0 Å². The highest BCUT2D eigenvalue weighted by Crippen LogP contribution is 2.31. The Balaban J connectivity index is 3.60. The number of aromatic nitrogens is 1. The molecule has 0 aliphatic carbocycles. The second kappa shape index (κ2) is 4.54. The molecule has 0 bridgehead atoms. The summed E-state index contributed by atoms with van der Waals surface area (Å²) in [5, 5.41) is 8.97. The SMILES string of the molecule is C[Si](C)(C)c1cc(C(=O)O)c(C(F)(F)F)nc1Cl. The molecule has 1 rings (SSSR count). The first kappa shape index (κ1) is 15.0. The zero-order chi connectivity index (χ0) is 14.3. The van der Waals surface area contributed by atoms with Gasteiger partial charge >= 0.3 is 12.1 Å². The van der Waals surface area contributed by atoms with Crippen molar-refractivity contribution in [2.24, 2.45) is 0 Å². The van der Waals surface area contributed by atoms with Gasteiger partial charge in [-0.3, -0.25) is 0 Å². The van der Waals surface area contributed by atoms with Crippen LogP contribution < -0.4 is 5.19 Å². The molecular weight excluding hydrogens is 287 g/mol. The van der Waals surface area contributed by atoms with Crippen molar-refractivity contribution in [3.05, 3.63) is 22.5 Å². The molecule has 1 aromatic heterocycles. The van der Waals surface area contributed by atoms with Crippen LogP contribution in [0.4, 0.5) is 13.2 Å². The first-order valence-corrected chi connectivity index (χ1v) is 8.84. The summed E-state index contributed by atoms with van der Waals surface area (Å²) in [6.07, 6.45) is -4.84. The molecule has 0 aliphatic heterocycles. The van der Waals surface area contributed by atoms with Gasteiger partial charge in [-0.05, 0) is 11.3 Å². The predicted molar refractivity (Wildman–Crippen MR) is 64.2 cm³/mol. The monoisotopic (exact) mass is 297 g/mol. The van der Waals surface area contributed by atoms with E-state index < -0.39 is 31.5 Å². The number of aromatic carboxylic acids is 1. The van der Waals surface area contributed by atoms with Crippen molar-refractivity contribution >= 4 is 30.8 Å². The number of alkyl halides is 3. The van der Waals surface area contributed by atoms with Gasteiger partial charge in [0.2, 0.25) is 0 Å². The van der Waals surface area contributed by atoms with Crippen LogP contribution >= 0.6 is 11.6 Å². The first-order valence-electron chi connectivity index (χ1n) is 4.96. The summed E-state index contributed by atoms with van der Waals surface area (Å²) in [4.78, 5) is 14.1. The molecule has 0 aliphatic rings. The van der Waals surface area contributed by atoms with Crippen molar-refractivity contribution in [1.29, 1.82) is 0 Å². The number of nitrogens with zero attached hydrogens (tertiary/aromatic N) is 1. The van der Waals surface area contributed by atoms with Gasteiger partial charge in [0, 0.05) is 0 Å². The van der Waals surface area contributed by atoms with Crippen LogP contribution in [0.5, 0.6) is 0 Å². The van der Waals surface area contributed by atoms with Gasteiger partial charge in [0.1, 0.15) is 5.15 Å². The van der Waals surface area contributed by atoms with E-state index >= 15 is 0 Å². The number of carboxylic acid groups (broad SMARTS) is 1. The molecule has 0 aromatic carbocycles. The number of rotatable bonds is 2. The van der Waals surface area contributed by atoms with Crippen LogP contribution in [0.3, 0.4) is 0 Å². The lowest BCUT2D eigenvalue weighted by Crippen LogP contribution is -2.40. The predicted octanol–water partition coefficient (Wildman–Crippen LogP) is 3.00. The van der Waals surface area contributed by atoms with E-state index in [0.29, 0.717) is 5.19 Å². The molecule has 0 unspecified atom stereocenters. The summed E-state index contributed by atoms with van der Waals surface area (Å²) in [6.45, 7) is 5.53. The molecule has 18 heavy (non-hydrogen) atoms. The minimum atomic E-state index is -4.84. The van der Waals surface area contributed by atoms with Crippen LogP contribution in [0, 0.1) is 0 Å². The van der Waals surface area contributed by atoms with Crippen LogP contribution in [0.25, 0.3) is 0 Å². The maximum absolute atomic E-state index is 12.6. The van der Waals surface area contributed by atoms with E-state index in [0.717, 1.165) is 6.07 Å². The fraction of sp³-hybridized carbons (Fsp3) is 0.400. The lowest BCUT2D eigenvalue weighted by molar-refractivity contribution is -0.141. The van der Waals surface area contributed by atoms with Crippen molar-refractivity contribution in [3.63, 3.8) is 0 Å². The van der Waals surface area contributed by atoms with Crippen LogP contribution in [-0.4, -0.2) is 24.1 Å². The largest absolute Gasteiger partial charge is 0.478 e. The lowest BCUT2D eigenvalue weighted by atomic mass is 10.2. The van der Waals surface area contributed by atoms with Crippen molar-refractivity contribution < 1.29 is 23.1 Å². The van der Waals surface area contributed by atoms with E-state index in [1.807, 2.05) is 19.6 Å². The molecule has 8 heteroatoms. The fourth-order valence-electron chi connectivity index (χ4n) is 1.40. The van der Waals surface area contributed by atoms with Gasteiger partial charge in [-0.2, -0.15) is 13.2 Å². The Labute approximate surface area is 108 Å². The third-order valence-corrected chi connectivity index (χ3v) is 4.73. The molecule has 0 amide bonds. The number of carbonyl (C=O) groups is 1. The summed E-state index contributed by atoms with van der Waals surface area (Å²) in [5.41, 5.74) is -2.31. The van der Waals surface area contributed by atoms with Crippen LogP contribution in [0.1, 0.15) is 16.1 Å². The third-order valence-electron chi connectivity index (χ3n) is 2.28. The molecule has 0 saturated carbocycles. The Bertz CT molecular complexity index is 497. The van der Waals surface area contributed by atoms with Crippen molar-refractivity contribution in [1.82, 2.24) is 4.98 Å². The summed E-state index contributed by atoms with van der Waals surface area (Å²) in [5.74, 6) is -1.66. The smallest absolute Gasteiger partial charge is 0.434 e. The van der Waals surface area contributed by atoms with E-state index in [4.69, 9.17) is 16.7 Å². The van der Waals surface area contributed by atoms with Crippen LogP contribution in [0.2, 0.25) is 24.8 Å². The zero-order valence-corrected chi connectivity index (χ0v) is 11.6. The summed E-state index contributed by atoms with van der Waals surface area (Å²) in [7, 11) is -2.06. The lowest BCUT2D eigenvalue weighted by Gasteiger charge is -2.20. The molecule has 0 spiro atoms. The summed E-state index contributed by atoms with van der Waals surface area (Å²) < 4.78 is 37.9. The quantitative estimate of drug-likeness (QED) is 0.674. The average Bonchev–Trinajstić information content (AvgIpc) is 2.13. The Morgan fingerprint density at radius 3 is 2.22 bits per heavy atom. The second-order valence-corrected chi connectivity index (χ2v) is 10.2. The minimum Gasteiger partial charge on any atom is -0.478 e.